The van der Waals surface area contributed by atoms with Gasteiger partial charge in [-0.3, -0.25) is 24.8 Å². The van der Waals surface area contributed by atoms with Gasteiger partial charge in [0.2, 0.25) is 17.7 Å². The van der Waals surface area contributed by atoms with E-state index in [1.165, 1.54) is 44.9 Å². The van der Waals surface area contributed by atoms with Crippen LogP contribution in [0.3, 0.4) is 0 Å². The highest BCUT2D eigenvalue weighted by Gasteiger charge is 2.51. The van der Waals surface area contributed by atoms with Gasteiger partial charge in [-0.2, -0.15) is 13.2 Å². The van der Waals surface area contributed by atoms with Crippen molar-refractivity contribution in [3.8, 4) is 0 Å². The van der Waals surface area contributed by atoms with Crippen LogP contribution < -0.4 is 33.2 Å². The Hall–Kier alpha value is -4.37. The summed E-state index contributed by atoms with van der Waals surface area (Å²) in [6, 6.07) is 6.14. The third-order valence-corrected chi connectivity index (χ3v) is 13.6. The number of rotatable bonds is 16. The lowest BCUT2D eigenvalue weighted by atomic mass is 9.49. The van der Waals surface area contributed by atoms with Crippen molar-refractivity contribution >= 4 is 35.5 Å². The summed E-state index contributed by atoms with van der Waals surface area (Å²) in [6.45, 7) is 1.03. The molecule has 0 spiro atoms. The van der Waals surface area contributed by atoms with Crippen molar-refractivity contribution in [1.82, 2.24) is 16.0 Å². The Morgan fingerprint density at radius 1 is 0.797 bits per heavy atom. The fourth-order valence-corrected chi connectivity index (χ4v) is 11.1. The number of carboxylic acid groups (broad SMARTS) is 1. The second-order valence-corrected chi connectivity index (χ2v) is 18.2. The molecule has 0 heterocycles. The molecule has 0 aromatic heterocycles. The molecule has 7 rings (SSSR count). The van der Waals surface area contributed by atoms with Gasteiger partial charge in [0, 0.05) is 24.6 Å². The van der Waals surface area contributed by atoms with Crippen LogP contribution in [0.15, 0.2) is 29.3 Å². The standard InChI is InChI=1S/C41H64N8O3.C2HF3O2/c42-36(43)32-15-13-26(14-16-32)21-33(30-8-3-1-4-9-30)37(50)49-35(31-10-5-2-6-11-31)39(52)48-34(12-7-17-46-40(44)45)38(51)47-25-41-22-27-18-28(23-41)20-29(19-27)24-41;3-2(4,5)1(6)7/h13-16,27-31,33-35H,1-12,17-25H2,(H3,42,43)(H,47,51)(H,48,52)(H,49,50)(H4,44,45,46);(H,6,7)/t27?,28?,29?,33?,34-,35?,41?;/m0./s1. The first-order valence-corrected chi connectivity index (χ1v) is 21.7. The molecule has 6 aliphatic rings. The average molecular weight is 831 g/mol. The summed E-state index contributed by atoms with van der Waals surface area (Å²) >= 11 is 0. The maximum absolute atomic E-state index is 14.4. The van der Waals surface area contributed by atoms with E-state index in [9.17, 15) is 27.6 Å². The zero-order valence-electron chi connectivity index (χ0n) is 34.2. The molecule has 4 bridgehead atoms. The number of guanidine groups is 1. The van der Waals surface area contributed by atoms with Crippen LogP contribution in [0, 0.1) is 46.3 Å². The number of aliphatic carboxylic acids is 1. The molecule has 328 valence electrons. The van der Waals surface area contributed by atoms with Crippen molar-refractivity contribution in [2.24, 2.45) is 63.1 Å². The quantitative estimate of drug-likeness (QED) is 0.0618. The highest BCUT2D eigenvalue weighted by molar-refractivity contribution is 5.95. The summed E-state index contributed by atoms with van der Waals surface area (Å²) in [7, 11) is 0. The van der Waals surface area contributed by atoms with E-state index in [0.717, 1.165) is 81.1 Å². The summed E-state index contributed by atoms with van der Waals surface area (Å²) in [6.07, 6.45) is 14.3. The molecule has 16 heteroatoms. The van der Waals surface area contributed by atoms with Crippen LogP contribution >= 0.6 is 0 Å². The van der Waals surface area contributed by atoms with E-state index in [1.54, 1.807) is 0 Å². The van der Waals surface area contributed by atoms with Crippen LogP contribution in [0.5, 0.6) is 0 Å². The highest BCUT2D eigenvalue weighted by Crippen LogP contribution is 2.59. The lowest BCUT2D eigenvalue weighted by Crippen LogP contribution is -2.58. The highest BCUT2D eigenvalue weighted by atomic mass is 19.4. The number of halogens is 3. The number of carboxylic acids is 1. The van der Waals surface area contributed by atoms with E-state index in [-0.39, 0.29) is 52.7 Å². The van der Waals surface area contributed by atoms with E-state index in [1.807, 2.05) is 24.3 Å². The van der Waals surface area contributed by atoms with E-state index in [2.05, 4.69) is 20.9 Å². The van der Waals surface area contributed by atoms with E-state index in [0.29, 0.717) is 37.9 Å². The molecule has 1 aromatic rings. The van der Waals surface area contributed by atoms with Crippen LogP contribution in [0.2, 0.25) is 0 Å². The van der Waals surface area contributed by atoms with E-state index in [4.69, 9.17) is 32.5 Å². The maximum atomic E-state index is 14.4. The number of nitrogens with zero attached hydrogens (tertiary/aromatic N) is 1. The molecule has 0 saturated heterocycles. The monoisotopic (exact) mass is 831 g/mol. The summed E-state index contributed by atoms with van der Waals surface area (Å²) in [5.41, 5.74) is 18.7. The van der Waals surface area contributed by atoms with Gasteiger partial charge >= 0.3 is 12.1 Å². The van der Waals surface area contributed by atoms with Crippen molar-refractivity contribution < 1.29 is 37.5 Å². The molecule has 0 aliphatic heterocycles. The molecule has 6 aliphatic carbocycles. The number of aliphatic imine (C=N–C) groups is 1. The van der Waals surface area contributed by atoms with Gasteiger partial charge in [0.05, 0.1) is 0 Å². The van der Waals surface area contributed by atoms with Crippen LogP contribution in [0.1, 0.15) is 127 Å². The summed E-state index contributed by atoms with van der Waals surface area (Å²) in [4.78, 5) is 55.8. The molecule has 1 aromatic carbocycles. The van der Waals surface area contributed by atoms with Gasteiger partial charge in [-0.05, 0) is 124 Å². The van der Waals surface area contributed by atoms with Gasteiger partial charge in [-0.25, -0.2) is 4.79 Å². The van der Waals surface area contributed by atoms with Crippen LogP contribution in [0.25, 0.3) is 0 Å². The van der Waals surface area contributed by atoms with Gasteiger partial charge in [0.25, 0.3) is 0 Å². The lowest BCUT2D eigenvalue weighted by molar-refractivity contribution is -0.192. The number of nitrogens with one attached hydrogen (secondary N) is 4. The molecule has 0 radical (unpaired) electrons. The molecule has 6 saturated carbocycles. The Labute approximate surface area is 345 Å². The summed E-state index contributed by atoms with van der Waals surface area (Å²) in [5, 5.41) is 24.6. The first-order chi connectivity index (χ1) is 28.0. The number of amides is 3. The molecule has 3 atom stereocenters. The van der Waals surface area contributed by atoms with Crippen molar-refractivity contribution in [1.29, 1.82) is 5.41 Å². The predicted octanol–water partition coefficient (Wildman–Crippen LogP) is 5.28. The topological polar surface area (TPSA) is 239 Å². The minimum Gasteiger partial charge on any atom is -0.475 e. The molecule has 59 heavy (non-hydrogen) atoms. The Morgan fingerprint density at radius 2 is 1.32 bits per heavy atom. The third kappa shape index (κ3) is 13.3. The number of alkyl halides is 3. The fourth-order valence-electron chi connectivity index (χ4n) is 11.1. The van der Waals surface area contributed by atoms with Crippen molar-refractivity contribution in [3.63, 3.8) is 0 Å². The molecule has 6 fully saturated rings. The van der Waals surface area contributed by atoms with Gasteiger partial charge in [0.15, 0.2) is 5.96 Å². The first-order valence-electron chi connectivity index (χ1n) is 21.7. The number of carbonyl (C=O) groups is 4. The average Bonchev–Trinajstić information content (AvgIpc) is 3.19. The zero-order chi connectivity index (χ0) is 42.7. The smallest absolute Gasteiger partial charge is 0.475 e. The fraction of sp³-hybridized carbons (Fsp3) is 0.721. The summed E-state index contributed by atoms with van der Waals surface area (Å²) in [5.74, 6) is -0.910. The minimum absolute atomic E-state index is 0.00856. The number of benzene rings is 1. The van der Waals surface area contributed by atoms with Crippen molar-refractivity contribution in [3.05, 3.63) is 35.4 Å². The molecule has 3 amide bonds. The normalized spacial score (nSPS) is 25.6. The predicted molar refractivity (Wildman–Crippen MR) is 219 cm³/mol. The Kier molecular flexibility index (Phi) is 16.1. The second-order valence-electron chi connectivity index (χ2n) is 18.2. The van der Waals surface area contributed by atoms with Gasteiger partial charge in [-0.1, -0.05) is 62.8 Å². The number of nitrogen functional groups attached to an aromatic ring is 1. The molecular weight excluding hydrogens is 766 g/mol. The Balaban J connectivity index is 0.000000867. The van der Waals surface area contributed by atoms with Crippen molar-refractivity contribution in [2.75, 3.05) is 13.1 Å². The number of hydrogen-bond donors (Lipinski definition) is 8. The van der Waals surface area contributed by atoms with Gasteiger partial charge in [-0.15, -0.1) is 0 Å². The van der Waals surface area contributed by atoms with Crippen LogP contribution in [0.4, 0.5) is 13.2 Å². The largest absolute Gasteiger partial charge is 0.490 e. The number of amidine groups is 1. The maximum Gasteiger partial charge on any atom is 0.490 e. The number of carbonyl (C=O) groups excluding carboxylic acids is 3. The van der Waals surface area contributed by atoms with E-state index < -0.39 is 24.2 Å². The molecule has 2 unspecified atom stereocenters. The first kappa shape index (κ1) is 45.7. The van der Waals surface area contributed by atoms with Crippen LogP contribution in [-0.2, 0) is 25.6 Å². The summed E-state index contributed by atoms with van der Waals surface area (Å²) < 4.78 is 31.7. The van der Waals surface area contributed by atoms with Crippen molar-refractivity contribution in [2.45, 2.75) is 140 Å². The SMILES string of the molecule is N=C(N)c1ccc(CC(C(=O)NC(C(=O)N[C@@H](CCCN=C(N)N)C(=O)NCC23CC4CC(CC(C4)C2)C3)C2CCCCC2)C2CCCCC2)cc1.O=C(O)C(F)(F)F. The van der Waals surface area contributed by atoms with Gasteiger partial charge in [0.1, 0.15) is 17.9 Å². The number of hydrogen-bond acceptors (Lipinski definition) is 6. The number of nitrogens with two attached hydrogens (primary N) is 3. The Morgan fingerprint density at radius 3 is 1.81 bits per heavy atom. The Bertz CT molecular complexity index is 1600. The van der Waals surface area contributed by atoms with Crippen LogP contribution in [-0.4, -0.2) is 71.9 Å². The second kappa shape index (κ2) is 20.7. The molecular formula is C43H65F3N8O5. The minimum atomic E-state index is -5.08. The third-order valence-electron chi connectivity index (χ3n) is 13.6. The zero-order valence-corrected chi connectivity index (χ0v) is 34.2. The molecule has 11 N–H and O–H groups in total. The van der Waals surface area contributed by atoms with Gasteiger partial charge < -0.3 is 38.3 Å². The lowest BCUT2D eigenvalue weighted by Gasteiger charge is -2.57. The van der Waals surface area contributed by atoms with E-state index >= 15 is 0 Å². The molecule has 13 nitrogen and oxygen atoms in total.